The fraction of sp³-hybridized carbons (Fsp3) is 0.333. The van der Waals surface area contributed by atoms with Crippen LogP contribution in [0.4, 0.5) is 4.39 Å². The maximum atomic E-state index is 14.1. The Morgan fingerprint density at radius 2 is 2.36 bits per heavy atom. The Labute approximate surface area is 134 Å². The maximum Gasteiger partial charge on any atom is 0.237 e. The minimum Gasteiger partial charge on any atom is -0.351 e. The van der Waals surface area contributed by atoms with Crippen molar-refractivity contribution in [2.45, 2.75) is 25.4 Å². The predicted molar refractivity (Wildman–Crippen MR) is 83.6 cm³/mol. The molecule has 2 heterocycles. The number of halogens is 2. The summed E-state index contributed by atoms with van der Waals surface area (Å²) in [6.07, 6.45) is 6.71. The molecule has 118 valence electrons. The summed E-state index contributed by atoms with van der Waals surface area (Å²) >= 11 is 0. The van der Waals surface area contributed by atoms with E-state index in [4.69, 9.17) is 0 Å². The van der Waals surface area contributed by atoms with E-state index in [2.05, 4.69) is 15.6 Å². The van der Waals surface area contributed by atoms with Crippen molar-refractivity contribution in [3.63, 3.8) is 0 Å². The Morgan fingerprint density at radius 3 is 3.00 bits per heavy atom. The van der Waals surface area contributed by atoms with Crippen molar-refractivity contribution in [2.75, 3.05) is 6.54 Å². The van der Waals surface area contributed by atoms with Crippen molar-refractivity contribution < 1.29 is 9.18 Å². The van der Waals surface area contributed by atoms with Gasteiger partial charge in [0.25, 0.3) is 0 Å². The van der Waals surface area contributed by atoms with Crippen molar-refractivity contribution in [1.82, 2.24) is 20.2 Å². The number of amides is 1. The van der Waals surface area contributed by atoms with Gasteiger partial charge in [0.15, 0.2) is 0 Å². The minimum absolute atomic E-state index is 0. The van der Waals surface area contributed by atoms with Crippen molar-refractivity contribution >= 4 is 18.3 Å². The van der Waals surface area contributed by atoms with Crippen molar-refractivity contribution in [1.29, 1.82) is 0 Å². The smallest absolute Gasteiger partial charge is 0.237 e. The summed E-state index contributed by atoms with van der Waals surface area (Å²) in [5.74, 6) is -0.356. The predicted octanol–water partition coefficient (Wildman–Crippen LogP) is 1.80. The zero-order chi connectivity index (χ0) is 14.7. The highest BCUT2D eigenvalue weighted by molar-refractivity contribution is 5.85. The largest absolute Gasteiger partial charge is 0.351 e. The zero-order valence-electron chi connectivity index (χ0n) is 12.0. The highest BCUT2D eigenvalue weighted by atomic mass is 35.5. The van der Waals surface area contributed by atoms with E-state index < -0.39 is 0 Å². The Hall–Kier alpha value is -1.92. The van der Waals surface area contributed by atoms with E-state index in [1.807, 2.05) is 0 Å². The quantitative estimate of drug-likeness (QED) is 0.901. The number of hydrogen-bond acceptors (Lipinski definition) is 3. The molecule has 0 aliphatic carbocycles. The molecular weight excluding hydrogens is 307 g/mol. The van der Waals surface area contributed by atoms with E-state index in [1.165, 1.54) is 6.07 Å². The molecule has 1 aromatic heterocycles. The van der Waals surface area contributed by atoms with Crippen LogP contribution in [0.1, 0.15) is 18.4 Å². The summed E-state index contributed by atoms with van der Waals surface area (Å²) in [6.45, 7) is 1.21. The second-order valence-electron chi connectivity index (χ2n) is 5.12. The van der Waals surface area contributed by atoms with Crippen LogP contribution in [-0.4, -0.2) is 28.0 Å². The molecule has 1 amide bonds. The summed E-state index contributed by atoms with van der Waals surface area (Å²) < 4.78 is 15.7. The second-order valence-corrected chi connectivity index (χ2v) is 5.12. The second kappa shape index (κ2) is 7.38. The summed E-state index contributed by atoms with van der Waals surface area (Å²) in [7, 11) is 0. The van der Waals surface area contributed by atoms with Gasteiger partial charge < -0.3 is 15.2 Å². The number of nitrogens with zero attached hydrogens (tertiary/aromatic N) is 2. The van der Waals surface area contributed by atoms with Gasteiger partial charge in [-0.2, -0.15) is 0 Å². The molecule has 1 fully saturated rings. The molecule has 1 aromatic carbocycles. The van der Waals surface area contributed by atoms with Gasteiger partial charge in [0.05, 0.1) is 18.1 Å². The molecule has 7 heteroatoms. The maximum absolute atomic E-state index is 14.1. The van der Waals surface area contributed by atoms with Crippen LogP contribution in [0.2, 0.25) is 0 Å². The lowest BCUT2D eigenvalue weighted by Crippen LogP contribution is -2.40. The average Bonchev–Trinajstić information content (AvgIpc) is 3.17. The Morgan fingerprint density at radius 1 is 1.50 bits per heavy atom. The Kier molecular flexibility index (Phi) is 5.51. The van der Waals surface area contributed by atoms with Crippen LogP contribution in [-0.2, 0) is 11.3 Å². The highest BCUT2D eigenvalue weighted by Gasteiger charge is 2.21. The number of carbonyl (C=O) groups excluding carboxylic acids is 1. The lowest BCUT2D eigenvalue weighted by atomic mass is 10.1. The van der Waals surface area contributed by atoms with Crippen LogP contribution in [0.25, 0.3) is 5.69 Å². The number of nitrogens with one attached hydrogen (secondary N) is 2. The summed E-state index contributed by atoms with van der Waals surface area (Å²) in [4.78, 5) is 15.8. The molecule has 0 saturated carbocycles. The van der Waals surface area contributed by atoms with E-state index in [0.717, 1.165) is 24.9 Å². The molecular formula is C15H18ClFN4O. The average molecular weight is 325 g/mol. The standard InChI is InChI=1S/C15H17FN4O.ClH/c16-12-8-11(3-4-14(12)20-7-6-17-10-20)9-19-15(21)13-2-1-5-18-13;/h3-4,6-8,10,13,18H,1-2,5,9H2,(H,19,21);1H. The van der Waals surface area contributed by atoms with Gasteiger partial charge in [-0.25, -0.2) is 9.37 Å². The van der Waals surface area contributed by atoms with Crippen molar-refractivity contribution in [2.24, 2.45) is 0 Å². The summed E-state index contributed by atoms with van der Waals surface area (Å²) in [5.41, 5.74) is 1.18. The molecule has 1 saturated heterocycles. The zero-order valence-corrected chi connectivity index (χ0v) is 12.8. The molecule has 2 N–H and O–H groups in total. The molecule has 22 heavy (non-hydrogen) atoms. The SMILES string of the molecule is Cl.O=C(NCc1ccc(-n2ccnc2)c(F)c1)C1CCCN1. The van der Waals surface area contributed by atoms with Gasteiger partial charge in [-0.15, -0.1) is 12.4 Å². The summed E-state index contributed by atoms with van der Waals surface area (Å²) in [6, 6.07) is 4.82. The van der Waals surface area contributed by atoms with E-state index in [0.29, 0.717) is 12.2 Å². The molecule has 0 spiro atoms. The third-order valence-electron chi connectivity index (χ3n) is 3.64. The van der Waals surface area contributed by atoms with Gasteiger partial charge in [-0.3, -0.25) is 4.79 Å². The topological polar surface area (TPSA) is 59.0 Å². The third kappa shape index (κ3) is 3.64. The fourth-order valence-electron chi connectivity index (χ4n) is 2.49. The van der Waals surface area contributed by atoms with Crippen LogP contribution in [0, 0.1) is 5.82 Å². The van der Waals surface area contributed by atoms with Crippen molar-refractivity contribution in [3.05, 3.63) is 48.3 Å². The summed E-state index contributed by atoms with van der Waals surface area (Å²) in [5, 5.41) is 5.97. The van der Waals surface area contributed by atoms with Crippen LogP contribution in [0.3, 0.4) is 0 Å². The van der Waals surface area contributed by atoms with Crippen LogP contribution in [0.15, 0.2) is 36.9 Å². The van der Waals surface area contributed by atoms with Crippen molar-refractivity contribution in [3.8, 4) is 5.69 Å². The highest BCUT2D eigenvalue weighted by Crippen LogP contribution is 2.15. The molecule has 1 aliphatic heterocycles. The molecule has 5 nitrogen and oxygen atoms in total. The molecule has 1 unspecified atom stereocenters. The number of rotatable bonds is 4. The number of carbonyl (C=O) groups is 1. The third-order valence-corrected chi connectivity index (χ3v) is 3.64. The van der Waals surface area contributed by atoms with E-state index in [-0.39, 0.29) is 30.2 Å². The normalized spacial score (nSPS) is 17.0. The van der Waals surface area contributed by atoms with Gasteiger partial charge in [-0.1, -0.05) is 6.07 Å². The first-order valence-corrected chi connectivity index (χ1v) is 7.02. The molecule has 2 aromatic rings. The molecule has 1 aliphatic rings. The van der Waals surface area contributed by atoms with Gasteiger partial charge in [0.2, 0.25) is 5.91 Å². The van der Waals surface area contributed by atoms with Gasteiger partial charge in [0.1, 0.15) is 5.82 Å². The fourth-order valence-corrected chi connectivity index (χ4v) is 2.49. The molecule has 3 rings (SSSR count). The lowest BCUT2D eigenvalue weighted by Gasteiger charge is -2.12. The monoisotopic (exact) mass is 324 g/mol. The van der Waals surface area contributed by atoms with E-state index in [9.17, 15) is 9.18 Å². The number of imidazole rings is 1. The first-order chi connectivity index (χ1) is 10.2. The minimum atomic E-state index is -0.334. The molecule has 0 radical (unpaired) electrons. The number of hydrogen-bond donors (Lipinski definition) is 2. The van der Waals surface area contributed by atoms with E-state index >= 15 is 0 Å². The molecule has 1 atom stereocenters. The number of benzene rings is 1. The lowest BCUT2D eigenvalue weighted by molar-refractivity contribution is -0.122. The van der Waals surface area contributed by atoms with Crippen LogP contribution in [0.5, 0.6) is 0 Å². The first kappa shape index (κ1) is 16.5. The van der Waals surface area contributed by atoms with E-state index in [1.54, 1.807) is 35.4 Å². The van der Waals surface area contributed by atoms with Gasteiger partial charge in [0, 0.05) is 18.9 Å². The molecule has 0 bridgehead atoms. The number of aromatic nitrogens is 2. The van der Waals surface area contributed by atoms with Gasteiger partial charge in [-0.05, 0) is 37.1 Å². The Bertz CT molecular complexity index is 626. The van der Waals surface area contributed by atoms with Crippen LogP contribution < -0.4 is 10.6 Å². The van der Waals surface area contributed by atoms with Gasteiger partial charge >= 0.3 is 0 Å². The first-order valence-electron chi connectivity index (χ1n) is 7.02. The van der Waals surface area contributed by atoms with Crippen LogP contribution >= 0.6 is 12.4 Å². The Balaban J connectivity index is 0.00000176.